The van der Waals surface area contributed by atoms with Crippen molar-refractivity contribution >= 4 is 11.8 Å². The van der Waals surface area contributed by atoms with Crippen molar-refractivity contribution in [3.63, 3.8) is 0 Å². The predicted molar refractivity (Wildman–Crippen MR) is 79.9 cm³/mol. The molecule has 20 heavy (non-hydrogen) atoms. The molecular weight excluding hydrogens is 270 g/mol. The number of hydrogen-bond acceptors (Lipinski definition) is 5. The Balaban J connectivity index is 1.65. The van der Waals surface area contributed by atoms with Crippen LogP contribution in [-0.2, 0) is 11.2 Å². The summed E-state index contributed by atoms with van der Waals surface area (Å²) in [4.78, 5) is 5.80. The smallest absolute Gasteiger partial charge is 0.233 e. The van der Waals surface area contributed by atoms with Gasteiger partial charge in [0.25, 0.3) is 0 Å². The number of aryl methyl sites for hydroxylation is 1. The first-order valence-corrected chi connectivity index (χ1v) is 7.88. The monoisotopic (exact) mass is 289 g/mol. The fourth-order valence-electron chi connectivity index (χ4n) is 2.41. The van der Waals surface area contributed by atoms with Gasteiger partial charge in [0.15, 0.2) is 5.82 Å². The normalized spacial score (nSPS) is 22.3. The molecule has 2 heterocycles. The molecule has 1 saturated heterocycles. The number of hydrogen-bond donors (Lipinski definition) is 1. The minimum Gasteiger partial charge on any atom is -0.339 e. The molecule has 1 atom stereocenters. The van der Waals surface area contributed by atoms with E-state index in [1.807, 2.05) is 0 Å². The minimum atomic E-state index is -0.000742. The Bertz CT molecular complexity index is 590. The van der Waals surface area contributed by atoms with Gasteiger partial charge in [-0.15, -0.1) is 11.8 Å². The lowest BCUT2D eigenvalue weighted by atomic mass is 9.90. The molecule has 0 amide bonds. The maximum Gasteiger partial charge on any atom is 0.233 e. The lowest BCUT2D eigenvalue weighted by Crippen LogP contribution is -2.25. The summed E-state index contributed by atoms with van der Waals surface area (Å²) in [6.45, 7) is 6.22. The zero-order chi connectivity index (χ0) is 14.0. The summed E-state index contributed by atoms with van der Waals surface area (Å²) in [6, 6.07) is 8.46. The fourth-order valence-corrected chi connectivity index (χ4v) is 3.27. The van der Waals surface area contributed by atoms with E-state index in [4.69, 9.17) is 4.52 Å². The molecule has 106 valence electrons. The first-order valence-electron chi connectivity index (χ1n) is 6.89. The van der Waals surface area contributed by atoms with Crippen LogP contribution < -0.4 is 5.32 Å². The second-order valence-corrected chi connectivity index (χ2v) is 6.66. The van der Waals surface area contributed by atoms with Crippen LogP contribution in [0.15, 0.2) is 33.7 Å². The van der Waals surface area contributed by atoms with Crippen LogP contribution in [0.1, 0.15) is 30.6 Å². The summed E-state index contributed by atoms with van der Waals surface area (Å²) in [7, 11) is 0. The average Bonchev–Trinajstić information content (AvgIpc) is 3.06. The van der Waals surface area contributed by atoms with Crippen molar-refractivity contribution < 1.29 is 4.52 Å². The number of nitrogens with zero attached hydrogens (tertiary/aromatic N) is 2. The molecule has 0 bridgehead atoms. The molecule has 1 fully saturated rings. The van der Waals surface area contributed by atoms with Crippen molar-refractivity contribution in [1.82, 2.24) is 15.5 Å². The zero-order valence-corrected chi connectivity index (χ0v) is 12.7. The summed E-state index contributed by atoms with van der Waals surface area (Å²) >= 11 is 1.74. The predicted octanol–water partition coefficient (Wildman–Crippen LogP) is 2.92. The van der Waals surface area contributed by atoms with E-state index in [1.54, 1.807) is 11.8 Å². The van der Waals surface area contributed by atoms with Crippen LogP contribution >= 0.6 is 11.8 Å². The maximum atomic E-state index is 5.45. The molecule has 0 aliphatic carbocycles. The Kier molecular flexibility index (Phi) is 3.81. The highest BCUT2D eigenvalue weighted by Gasteiger charge is 2.36. The molecule has 0 spiro atoms. The van der Waals surface area contributed by atoms with Crippen molar-refractivity contribution in [2.45, 2.75) is 36.3 Å². The zero-order valence-electron chi connectivity index (χ0n) is 11.8. The summed E-state index contributed by atoms with van der Waals surface area (Å²) in [6.07, 6.45) is 1.06. The van der Waals surface area contributed by atoms with Gasteiger partial charge in [-0.3, -0.25) is 0 Å². The quantitative estimate of drug-likeness (QED) is 0.877. The van der Waals surface area contributed by atoms with Crippen LogP contribution in [0.2, 0.25) is 0 Å². The largest absolute Gasteiger partial charge is 0.339 e. The maximum absolute atomic E-state index is 5.45. The highest BCUT2D eigenvalue weighted by atomic mass is 32.2. The fraction of sp³-hybridized carbons (Fsp3) is 0.467. The summed E-state index contributed by atoms with van der Waals surface area (Å²) in [5.41, 5.74) is 1.27. The molecule has 4 nitrogen and oxygen atoms in total. The van der Waals surface area contributed by atoms with Crippen LogP contribution in [0, 0.1) is 6.92 Å². The van der Waals surface area contributed by atoms with Gasteiger partial charge in [0.05, 0.1) is 11.2 Å². The second kappa shape index (κ2) is 5.58. The Hall–Kier alpha value is -1.33. The highest BCUT2D eigenvalue weighted by molar-refractivity contribution is 7.98. The van der Waals surface area contributed by atoms with Gasteiger partial charge >= 0.3 is 0 Å². The topological polar surface area (TPSA) is 51.0 Å². The van der Waals surface area contributed by atoms with E-state index in [-0.39, 0.29) is 5.41 Å². The van der Waals surface area contributed by atoms with Gasteiger partial charge in [0, 0.05) is 11.4 Å². The lowest BCUT2D eigenvalue weighted by Gasteiger charge is -2.15. The van der Waals surface area contributed by atoms with E-state index in [9.17, 15) is 0 Å². The van der Waals surface area contributed by atoms with Gasteiger partial charge in [-0.25, -0.2) is 0 Å². The van der Waals surface area contributed by atoms with E-state index in [0.29, 0.717) is 0 Å². The second-order valence-electron chi connectivity index (χ2n) is 5.61. The van der Waals surface area contributed by atoms with Crippen LogP contribution in [0.25, 0.3) is 0 Å². The Morgan fingerprint density at radius 1 is 1.45 bits per heavy atom. The van der Waals surface area contributed by atoms with Crippen LogP contribution in [0.4, 0.5) is 0 Å². The third-order valence-electron chi connectivity index (χ3n) is 3.71. The van der Waals surface area contributed by atoms with Crippen molar-refractivity contribution in [3.05, 3.63) is 41.5 Å². The molecule has 1 aliphatic heterocycles. The molecule has 0 radical (unpaired) electrons. The van der Waals surface area contributed by atoms with Gasteiger partial charge < -0.3 is 9.84 Å². The van der Waals surface area contributed by atoms with Crippen molar-refractivity contribution in [3.8, 4) is 0 Å². The van der Waals surface area contributed by atoms with Gasteiger partial charge in [-0.2, -0.15) is 4.98 Å². The Labute approximate surface area is 123 Å². The number of nitrogens with one attached hydrogen (secondary N) is 1. The molecule has 1 N–H and O–H groups in total. The highest BCUT2D eigenvalue weighted by Crippen LogP contribution is 2.29. The van der Waals surface area contributed by atoms with Gasteiger partial charge in [0.1, 0.15) is 0 Å². The molecule has 3 rings (SSSR count). The standard InChI is InChI=1S/C15H19N3OS/c1-11-4-3-5-12(8-11)20-9-13-17-14(19-18-13)15(2)6-7-16-10-15/h3-5,8,16H,6-7,9-10H2,1-2H3. The van der Waals surface area contributed by atoms with Crippen LogP contribution in [-0.4, -0.2) is 23.2 Å². The van der Waals surface area contributed by atoms with Crippen LogP contribution in [0.3, 0.4) is 0 Å². The van der Waals surface area contributed by atoms with Gasteiger partial charge in [-0.1, -0.05) is 22.9 Å². The number of benzene rings is 1. The molecule has 1 unspecified atom stereocenters. The number of thioether (sulfide) groups is 1. The van der Waals surface area contributed by atoms with Gasteiger partial charge in [0.2, 0.25) is 5.89 Å². The minimum absolute atomic E-state index is 0.000742. The third kappa shape index (κ3) is 2.88. The lowest BCUT2D eigenvalue weighted by molar-refractivity contribution is 0.305. The molecule has 2 aromatic rings. The van der Waals surface area contributed by atoms with Gasteiger partial charge in [-0.05, 0) is 38.9 Å². The molecule has 5 heteroatoms. The summed E-state index contributed by atoms with van der Waals surface area (Å²) < 4.78 is 5.45. The molecular formula is C15H19N3OS. The number of aromatic nitrogens is 2. The Morgan fingerprint density at radius 2 is 2.35 bits per heavy atom. The molecule has 1 aliphatic rings. The summed E-state index contributed by atoms with van der Waals surface area (Å²) in [5, 5.41) is 7.46. The summed E-state index contributed by atoms with van der Waals surface area (Å²) in [5.74, 6) is 2.29. The SMILES string of the molecule is Cc1cccc(SCc2noc(C3(C)CCNC3)n2)c1. The first kappa shape index (κ1) is 13.6. The Morgan fingerprint density at radius 3 is 3.10 bits per heavy atom. The molecule has 1 aromatic carbocycles. The van der Waals surface area contributed by atoms with E-state index in [0.717, 1.165) is 37.0 Å². The third-order valence-corrected chi connectivity index (χ3v) is 4.70. The first-order chi connectivity index (χ1) is 9.66. The molecule has 1 aromatic heterocycles. The molecule has 0 saturated carbocycles. The van der Waals surface area contributed by atoms with E-state index in [1.165, 1.54) is 10.5 Å². The van der Waals surface area contributed by atoms with Crippen molar-refractivity contribution in [1.29, 1.82) is 0 Å². The number of rotatable bonds is 4. The van der Waals surface area contributed by atoms with E-state index in [2.05, 4.69) is 53.6 Å². The average molecular weight is 289 g/mol. The van der Waals surface area contributed by atoms with Crippen LogP contribution in [0.5, 0.6) is 0 Å². The van der Waals surface area contributed by atoms with Crippen molar-refractivity contribution in [2.75, 3.05) is 13.1 Å². The van der Waals surface area contributed by atoms with E-state index >= 15 is 0 Å². The van der Waals surface area contributed by atoms with Crippen molar-refractivity contribution in [2.24, 2.45) is 0 Å². The van der Waals surface area contributed by atoms with E-state index < -0.39 is 0 Å².